The van der Waals surface area contributed by atoms with Crippen LogP contribution in [-0.2, 0) is 9.53 Å². The highest BCUT2D eigenvalue weighted by molar-refractivity contribution is 5.75. The van der Waals surface area contributed by atoms with E-state index in [1.54, 1.807) is 19.1 Å². The molecule has 1 N–H and O–H groups in total. The standard InChI is InChI=1S/C12H17NO3/c1-13(8-9-16-2)11(12(14)15)10-6-4-3-5-7-10/h3-7,11H,8-9H2,1-2H3,(H,14,15). The lowest BCUT2D eigenvalue weighted by molar-refractivity contribution is -0.143. The molecular formula is C12H17NO3. The Hall–Kier alpha value is -1.39. The predicted molar refractivity (Wildman–Crippen MR) is 61.3 cm³/mol. The number of hydrogen-bond acceptors (Lipinski definition) is 3. The molecule has 1 aromatic rings. The third-order valence-electron chi connectivity index (χ3n) is 2.44. The third kappa shape index (κ3) is 3.32. The molecule has 16 heavy (non-hydrogen) atoms. The van der Waals surface area contributed by atoms with Gasteiger partial charge in [-0.15, -0.1) is 0 Å². The van der Waals surface area contributed by atoms with Gasteiger partial charge in [0.1, 0.15) is 6.04 Å². The van der Waals surface area contributed by atoms with Gasteiger partial charge in [-0.1, -0.05) is 30.3 Å². The first-order valence-corrected chi connectivity index (χ1v) is 5.13. The summed E-state index contributed by atoms with van der Waals surface area (Å²) in [5.74, 6) is -0.843. The average molecular weight is 223 g/mol. The van der Waals surface area contributed by atoms with Crippen molar-refractivity contribution < 1.29 is 14.6 Å². The fourth-order valence-electron chi connectivity index (χ4n) is 1.59. The molecule has 0 saturated heterocycles. The zero-order chi connectivity index (χ0) is 12.0. The van der Waals surface area contributed by atoms with Crippen LogP contribution in [0.5, 0.6) is 0 Å². The fraction of sp³-hybridized carbons (Fsp3) is 0.417. The molecule has 0 fully saturated rings. The summed E-state index contributed by atoms with van der Waals surface area (Å²) >= 11 is 0. The average Bonchev–Trinajstić information content (AvgIpc) is 2.27. The number of hydrogen-bond donors (Lipinski definition) is 1. The summed E-state index contributed by atoms with van der Waals surface area (Å²) in [4.78, 5) is 13.0. The Bertz CT molecular complexity index is 326. The van der Waals surface area contributed by atoms with Gasteiger partial charge in [-0.3, -0.25) is 9.69 Å². The minimum absolute atomic E-state index is 0.521. The molecule has 0 radical (unpaired) electrons. The largest absolute Gasteiger partial charge is 0.480 e. The van der Waals surface area contributed by atoms with Crippen molar-refractivity contribution in [3.63, 3.8) is 0 Å². The summed E-state index contributed by atoms with van der Waals surface area (Å²) in [5, 5.41) is 9.21. The molecule has 4 heteroatoms. The van der Waals surface area contributed by atoms with Crippen molar-refractivity contribution in [3.05, 3.63) is 35.9 Å². The summed E-state index contributed by atoms with van der Waals surface area (Å²) < 4.78 is 4.94. The van der Waals surface area contributed by atoms with Gasteiger partial charge in [-0.05, 0) is 12.6 Å². The highest BCUT2D eigenvalue weighted by atomic mass is 16.5. The molecule has 0 bridgehead atoms. The van der Waals surface area contributed by atoms with Crippen molar-refractivity contribution >= 4 is 5.97 Å². The summed E-state index contributed by atoms with van der Waals surface area (Å²) in [6.07, 6.45) is 0. The number of likely N-dealkylation sites (N-methyl/N-ethyl adjacent to an activating group) is 1. The van der Waals surface area contributed by atoms with Crippen molar-refractivity contribution in [1.82, 2.24) is 4.90 Å². The number of nitrogens with zero attached hydrogens (tertiary/aromatic N) is 1. The number of rotatable bonds is 6. The smallest absolute Gasteiger partial charge is 0.325 e. The minimum Gasteiger partial charge on any atom is -0.480 e. The van der Waals surface area contributed by atoms with E-state index in [2.05, 4.69) is 0 Å². The maximum atomic E-state index is 11.2. The van der Waals surface area contributed by atoms with Crippen LogP contribution in [-0.4, -0.2) is 43.3 Å². The zero-order valence-electron chi connectivity index (χ0n) is 9.59. The van der Waals surface area contributed by atoms with Gasteiger partial charge in [0.2, 0.25) is 0 Å². The second-order valence-corrected chi connectivity index (χ2v) is 3.62. The Labute approximate surface area is 95.5 Å². The number of ether oxygens (including phenoxy) is 1. The van der Waals surface area contributed by atoms with Gasteiger partial charge in [-0.2, -0.15) is 0 Å². The van der Waals surface area contributed by atoms with Crippen LogP contribution in [0.2, 0.25) is 0 Å². The van der Waals surface area contributed by atoms with Crippen LogP contribution >= 0.6 is 0 Å². The zero-order valence-corrected chi connectivity index (χ0v) is 9.59. The number of benzene rings is 1. The molecule has 88 valence electrons. The first-order chi connectivity index (χ1) is 7.66. The number of methoxy groups -OCH3 is 1. The lowest BCUT2D eigenvalue weighted by Crippen LogP contribution is -2.33. The molecular weight excluding hydrogens is 206 g/mol. The molecule has 0 heterocycles. The van der Waals surface area contributed by atoms with Crippen LogP contribution in [0, 0.1) is 0 Å². The molecule has 1 atom stereocenters. The molecule has 0 saturated carbocycles. The summed E-state index contributed by atoms with van der Waals surface area (Å²) in [7, 11) is 3.39. The molecule has 1 aromatic carbocycles. The molecule has 4 nitrogen and oxygen atoms in total. The van der Waals surface area contributed by atoms with Gasteiger partial charge < -0.3 is 9.84 Å². The molecule has 0 aromatic heterocycles. The molecule has 0 aliphatic carbocycles. The highest BCUT2D eigenvalue weighted by Gasteiger charge is 2.23. The van der Waals surface area contributed by atoms with E-state index in [4.69, 9.17) is 4.74 Å². The van der Waals surface area contributed by atoms with Crippen molar-refractivity contribution in [3.8, 4) is 0 Å². The van der Waals surface area contributed by atoms with E-state index >= 15 is 0 Å². The monoisotopic (exact) mass is 223 g/mol. The molecule has 0 aliphatic rings. The van der Waals surface area contributed by atoms with E-state index < -0.39 is 12.0 Å². The normalized spacial score (nSPS) is 12.7. The van der Waals surface area contributed by atoms with E-state index in [-0.39, 0.29) is 0 Å². The van der Waals surface area contributed by atoms with Gasteiger partial charge in [0, 0.05) is 13.7 Å². The Kier molecular flexibility index (Phi) is 4.95. The van der Waals surface area contributed by atoms with E-state index in [1.807, 2.05) is 30.3 Å². The fourth-order valence-corrected chi connectivity index (χ4v) is 1.59. The van der Waals surface area contributed by atoms with Gasteiger partial charge in [0.25, 0.3) is 0 Å². The number of aliphatic carboxylic acids is 1. The third-order valence-corrected chi connectivity index (χ3v) is 2.44. The second-order valence-electron chi connectivity index (χ2n) is 3.62. The summed E-state index contributed by atoms with van der Waals surface area (Å²) in [5.41, 5.74) is 0.786. The van der Waals surface area contributed by atoms with Crippen molar-refractivity contribution in [1.29, 1.82) is 0 Å². The van der Waals surface area contributed by atoms with Crippen LogP contribution in [0.3, 0.4) is 0 Å². The molecule has 0 amide bonds. The maximum Gasteiger partial charge on any atom is 0.325 e. The topological polar surface area (TPSA) is 49.8 Å². The first-order valence-electron chi connectivity index (χ1n) is 5.13. The highest BCUT2D eigenvalue weighted by Crippen LogP contribution is 2.18. The minimum atomic E-state index is -0.843. The van der Waals surface area contributed by atoms with Gasteiger partial charge >= 0.3 is 5.97 Å². The predicted octanol–water partition coefficient (Wildman–Crippen LogP) is 1.39. The van der Waals surface area contributed by atoms with Crippen LogP contribution in [0.15, 0.2) is 30.3 Å². The second kappa shape index (κ2) is 6.25. The molecule has 1 rings (SSSR count). The van der Waals surface area contributed by atoms with E-state index in [0.29, 0.717) is 13.2 Å². The quantitative estimate of drug-likeness (QED) is 0.791. The van der Waals surface area contributed by atoms with Gasteiger partial charge in [0.05, 0.1) is 6.61 Å². The summed E-state index contributed by atoms with van der Waals surface area (Å²) in [6, 6.07) is 8.59. The number of carbonyl (C=O) groups is 1. The Morgan fingerprint density at radius 3 is 2.56 bits per heavy atom. The Morgan fingerprint density at radius 1 is 1.44 bits per heavy atom. The molecule has 0 spiro atoms. The molecule has 1 unspecified atom stereocenters. The first kappa shape index (κ1) is 12.7. The summed E-state index contributed by atoms with van der Waals surface area (Å²) in [6.45, 7) is 1.11. The van der Waals surface area contributed by atoms with E-state index in [0.717, 1.165) is 5.56 Å². The van der Waals surface area contributed by atoms with Crippen LogP contribution in [0.1, 0.15) is 11.6 Å². The van der Waals surface area contributed by atoms with Crippen molar-refractivity contribution in [2.24, 2.45) is 0 Å². The maximum absolute atomic E-state index is 11.2. The van der Waals surface area contributed by atoms with E-state index in [1.165, 1.54) is 0 Å². The van der Waals surface area contributed by atoms with Crippen LogP contribution < -0.4 is 0 Å². The lowest BCUT2D eigenvalue weighted by atomic mass is 10.1. The number of carboxylic acids is 1. The number of carboxylic acid groups (broad SMARTS) is 1. The van der Waals surface area contributed by atoms with Gasteiger partial charge in [0.15, 0.2) is 0 Å². The van der Waals surface area contributed by atoms with Crippen molar-refractivity contribution in [2.75, 3.05) is 27.3 Å². The molecule has 0 aliphatic heterocycles. The van der Waals surface area contributed by atoms with Crippen LogP contribution in [0.25, 0.3) is 0 Å². The SMILES string of the molecule is COCCN(C)C(C(=O)O)c1ccccc1. The lowest BCUT2D eigenvalue weighted by Gasteiger charge is -2.24. The Morgan fingerprint density at radius 2 is 2.06 bits per heavy atom. The Balaban J connectivity index is 2.79. The van der Waals surface area contributed by atoms with Crippen LogP contribution in [0.4, 0.5) is 0 Å². The van der Waals surface area contributed by atoms with Crippen molar-refractivity contribution in [2.45, 2.75) is 6.04 Å². The van der Waals surface area contributed by atoms with Gasteiger partial charge in [-0.25, -0.2) is 0 Å². The van der Waals surface area contributed by atoms with E-state index in [9.17, 15) is 9.90 Å².